The Morgan fingerprint density at radius 2 is 1.96 bits per heavy atom. The molecule has 6 heteroatoms. The van der Waals surface area contributed by atoms with E-state index in [1.54, 1.807) is 12.3 Å². The normalized spacial score (nSPS) is 14.3. The van der Waals surface area contributed by atoms with Crippen LogP contribution in [0.3, 0.4) is 0 Å². The van der Waals surface area contributed by atoms with Gasteiger partial charge in [0.25, 0.3) is 5.91 Å². The minimum atomic E-state index is -0.0158. The predicted molar refractivity (Wildman–Crippen MR) is 109 cm³/mol. The minimum Gasteiger partial charge on any atom is -0.368 e. The lowest BCUT2D eigenvalue weighted by Crippen LogP contribution is -2.49. The van der Waals surface area contributed by atoms with Crippen molar-refractivity contribution < 1.29 is 4.79 Å². The van der Waals surface area contributed by atoms with E-state index in [2.05, 4.69) is 58.3 Å². The maximum atomic E-state index is 12.8. The van der Waals surface area contributed by atoms with E-state index in [0.717, 1.165) is 26.1 Å². The molecule has 27 heavy (non-hydrogen) atoms. The molecule has 0 aliphatic carbocycles. The van der Waals surface area contributed by atoms with Gasteiger partial charge in [-0.25, -0.2) is 9.97 Å². The highest BCUT2D eigenvalue weighted by atomic mass is 16.2. The predicted octanol–water partition coefficient (Wildman–Crippen LogP) is 3.35. The highest BCUT2D eigenvalue weighted by Gasteiger charge is 2.23. The molecule has 0 atom stereocenters. The summed E-state index contributed by atoms with van der Waals surface area (Å²) in [6.45, 7) is 8.19. The van der Waals surface area contributed by atoms with Gasteiger partial charge in [-0.05, 0) is 37.1 Å². The van der Waals surface area contributed by atoms with Crippen LogP contribution in [-0.2, 0) is 0 Å². The van der Waals surface area contributed by atoms with Gasteiger partial charge >= 0.3 is 0 Å². The molecule has 1 amide bonds. The number of aryl methyl sites for hydroxylation is 1. The molecule has 0 saturated carbocycles. The maximum Gasteiger partial charge on any atom is 0.272 e. The van der Waals surface area contributed by atoms with Crippen molar-refractivity contribution in [3.05, 3.63) is 47.8 Å². The summed E-state index contributed by atoms with van der Waals surface area (Å²) in [4.78, 5) is 25.7. The molecule has 1 aromatic carbocycles. The van der Waals surface area contributed by atoms with E-state index >= 15 is 0 Å². The second-order valence-electron chi connectivity index (χ2n) is 7.02. The number of unbranched alkanes of at least 4 members (excludes halogenated alkanes) is 2. The Morgan fingerprint density at radius 1 is 1.15 bits per heavy atom. The molecule has 1 fully saturated rings. The molecule has 2 aromatic rings. The molecule has 2 heterocycles. The SMILES string of the molecule is CCCCCNc1nccc(C(=O)N2CCN(c3cccc(C)c3)CC2)n1. The van der Waals surface area contributed by atoms with Crippen molar-refractivity contribution in [1.29, 1.82) is 0 Å². The number of benzene rings is 1. The summed E-state index contributed by atoms with van der Waals surface area (Å²) in [5, 5.41) is 3.21. The third-order valence-electron chi connectivity index (χ3n) is 4.87. The summed E-state index contributed by atoms with van der Waals surface area (Å²) in [6.07, 6.45) is 5.09. The van der Waals surface area contributed by atoms with Crippen molar-refractivity contribution in [2.45, 2.75) is 33.1 Å². The molecule has 0 radical (unpaired) electrons. The van der Waals surface area contributed by atoms with Crippen molar-refractivity contribution in [3.8, 4) is 0 Å². The van der Waals surface area contributed by atoms with Crippen molar-refractivity contribution in [2.24, 2.45) is 0 Å². The number of nitrogens with one attached hydrogen (secondary N) is 1. The first-order valence-electron chi connectivity index (χ1n) is 9.85. The number of carbonyl (C=O) groups is 1. The lowest BCUT2D eigenvalue weighted by atomic mass is 10.2. The van der Waals surface area contributed by atoms with E-state index < -0.39 is 0 Å². The summed E-state index contributed by atoms with van der Waals surface area (Å²) in [5.74, 6) is 0.522. The number of aromatic nitrogens is 2. The van der Waals surface area contributed by atoms with Gasteiger partial charge in [0.15, 0.2) is 0 Å². The number of nitrogens with zero attached hydrogens (tertiary/aromatic N) is 4. The first-order chi connectivity index (χ1) is 13.2. The zero-order valence-electron chi connectivity index (χ0n) is 16.3. The molecule has 1 aliphatic rings. The maximum absolute atomic E-state index is 12.8. The van der Waals surface area contributed by atoms with Crippen LogP contribution >= 0.6 is 0 Å². The van der Waals surface area contributed by atoms with Crippen molar-refractivity contribution in [3.63, 3.8) is 0 Å². The monoisotopic (exact) mass is 367 g/mol. The number of hydrogen-bond acceptors (Lipinski definition) is 5. The van der Waals surface area contributed by atoms with Gasteiger partial charge in [-0.2, -0.15) is 0 Å². The third kappa shape index (κ3) is 5.18. The third-order valence-corrected chi connectivity index (χ3v) is 4.87. The minimum absolute atomic E-state index is 0.0158. The van der Waals surface area contributed by atoms with E-state index in [9.17, 15) is 4.79 Å². The lowest BCUT2D eigenvalue weighted by Gasteiger charge is -2.36. The zero-order chi connectivity index (χ0) is 19.1. The Bertz CT molecular complexity index is 756. The van der Waals surface area contributed by atoms with E-state index in [4.69, 9.17) is 0 Å². The van der Waals surface area contributed by atoms with Gasteiger partial charge in [-0.15, -0.1) is 0 Å². The molecule has 144 valence electrons. The topological polar surface area (TPSA) is 61.4 Å². The second-order valence-corrected chi connectivity index (χ2v) is 7.02. The van der Waals surface area contributed by atoms with Crippen molar-refractivity contribution in [2.75, 3.05) is 42.9 Å². The molecule has 1 aromatic heterocycles. The first-order valence-corrected chi connectivity index (χ1v) is 9.85. The molecule has 0 bridgehead atoms. The van der Waals surface area contributed by atoms with Gasteiger partial charge in [0.1, 0.15) is 5.69 Å². The van der Waals surface area contributed by atoms with Gasteiger partial charge in [-0.1, -0.05) is 31.9 Å². The van der Waals surface area contributed by atoms with Crippen molar-refractivity contribution >= 4 is 17.5 Å². The standard InChI is InChI=1S/C21H29N5O/c1-3-4-5-10-22-21-23-11-9-19(24-21)20(27)26-14-12-25(13-15-26)18-8-6-7-17(2)16-18/h6-9,11,16H,3-5,10,12-15H2,1-2H3,(H,22,23,24). The van der Waals surface area contributed by atoms with Gasteiger partial charge in [0, 0.05) is 44.6 Å². The fourth-order valence-corrected chi connectivity index (χ4v) is 3.29. The Balaban J connectivity index is 1.56. The van der Waals surface area contributed by atoms with Crippen LogP contribution < -0.4 is 10.2 Å². The molecule has 3 rings (SSSR count). The van der Waals surface area contributed by atoms with Crippen LogP contribution in [0.1, 0.15) is 42.2 Å². The number of rotatable bonds is 7. The van der Waals surface area contributed by atoms with Gasteiger partial charge < -0.3 is 15.1 Å². The Kier molecular flexibility index (Phi) is 6.63. The molecule has 1 saturated heterocycles. The molecule has 0 unspecified atom stereocenters. The molecule has 1 N–H and O–H groups in total. The highest BCUT2D eigenvalue weighted by molar-refractivity contribution is 5.92. The number of anilines is 2. The summed E-state index contributed by atoms with van der Waals surface area (Å²) in [7, 11) is 0. The fourth-order valence-electron chi connectivity index (χ4n) is 3.29. The largest absolute Gasteiger partial charge is 0.368 e. The molecule has 1 aliphatic heterocycles. The average molecular weight is 367 g/mol. The average Bonchev–Trinajstić information content (AvgIpc) is 2.71. The summed E-state index contributed by atoms with van der Waals surface area (Å²) in [6, 6.07) is 10.2. The number of amides is 1. The van der Waals surface area contributed by atoms with E-state index in [1.807, 2.05) is 4.90 Å². The summed E-state index contributed by atoms with van der Waals surface area (Å²) < 4.78 is 0. The first kappa shape index (κ1) is 19.1. The molecular formula is C21H29N5O. The van der Waals surface area contributed by atoms with Gasteiger partial charge in [0.2, 0.25) is 5.95 Å². The smallest absolute Gasteiger partial charge is 0.272 e. The van der Waals surface area contributed by atoms with E-state index in [0.29, 0.717) is 24.7 Å². The van der Waals surface area contributed by atoms with Crippen LogP contribution in [0, 0.1) is 6.92 Å². The van der Waals surface area contributed by atoms with Gasteiger partial charge in [-0.3, -0.25) is 4.79 Å². The molecule has 6 nitrogen and oxygen atoms in total. The Labute approximate surface area is 161 Å². The Hall–Kier alpha value is -2.63. The second kappa shape index (κ2) is 9.35. The number of carbonyl (C=O) groups excluding carboxylic acids is 1. The molecular weight excluding hydrogens is 338 g/mol. The van der Waals surface area contributed by atoms with Crippen LogP contribution in [0.25, 0.3) is 0 Å². The van der Waals surface area contributed by atoms with Crippen LogP contribution in [0.5, 0.6) is 0 Å². The quantitative estimate of drug-likeness (QED) is 0.761. The van der Waals surface area contributed by atoms with Crippen molar-refractivity contribution in [1.82, 2.24) is 14.9 Å². The fraction of sp³-hybridized carbons (Fsp3) is 0.476. The number of piperazine rings is 1. The van der Waals surface area contributed by atoms with Crippen LogP contribution in [0.2, 0.25) is 0 Å². The lowest BCUT2D eigenvalue weighted by molar-refractivity contribution is 0.0741. The summed E-state index contributed by atoms with van der Waals surface area (Å²) >= 11 is 0. The van der Waals surface area contributed by atoms with Crippen LogP contribution in [-0.4, -0.2) is 53.5 Å². The van der Waals surface area contributed by atoms with E-state index in [-0.39, 0.29) is 5.91 Å². The van der Waals surface area contributed by atoms with Crippen LogP contribution in [0.4, 0.5) is 11.6 Å². The molecule has 0 spiro atoms. The zero-order valence-corrected chi connectivity index (χ0v) is 16.3. The van der Waals surface area contributed by atoms with Crippen LogP contribution in [0.15, 0.2) is 36.5 Å². The highest BCUT2D eigenvalue weighted by Crippen LogP contribution is 2.18. The number of hydrogen-bond donors (Lipinski definition) is 1. The summed E-state index contributed by atoms with van der Waals surface area (Å²) in [5.41, 5.74) is 2.95. The Morgan fingerprint density at radius 3 is 2.70 bits per heavy atom. The van der Waals surface area contributed by atoms with Gasteiger partial charge in [0.05, 0.1) is 0 Å². The van der Waals surface area contributed by atoms with E-state index in [1.165, 1.54) is 24.1 Å².